The van der Waals surface area contributed by atoms with Gasteiger partial charge in [-0.05, 0) is 12.1 Å². The number of hydrogen-bond donors (Lipinski definition) is 0. The lowest BCUT2D eigenvalue weighted by Crippen LogP contribution is -1.92. The van der Waals surface area contributed by atoms with Gasteiger partial charge in [0.05, 0.1) is 15.4 Å². The van der Waals surface area contributed by atoms with Gasteiger partial charge in [0, 0.05) is 17.2 Å². The number of rotatable bonds is 3. The molecule has 1 aromatic rings. The van der Waals surface area contributed by atoms with Crippen LogP contribution in [0, 0.1) is 20.2 Å². The van der Waals surface area contributed by atoms with Gasteiger partial charge in [-0.2, -0.15) is 0 Å². The Kier molecular flexibility index (Phi) is 3.35. The fourth-order valence-electron chi connectivity index (χ4n) is 0.966. The number of halogens is 1. The molecule has 0 spiro atoms. The van der Waals surface area contributed by atoms with Gasteiger partial charge in [0.15, 0.2) is 0 Å². The maximum absolute atomic E-state index is 10.5. The predicted molar refractivity (Wildman–Crippen MR) is 54.1 cm³/mol. The van der Waals surface area contributed by atoms with Crippen LogP contribution in [-0.4, -0.2) is 9.85 Å². The van der Waals surface area contributed by atoms with Crippen molar-refractivity contribution in [1.29, 1.82) is 0 Å². The summed E-state index contributed by atoms with van der Waals surface area (Å²) >= 11 is 5.61. The van der Waals surface area contributed by atoms with Crippen molar-refractivity contribution < 1.29 is 9.85 Å². The summed E-state index contributed by atoms with van der Waals surface area (Å²) in [6, 6.07) is 3.84. The molecule has 0 unspecified atom stereocenters. The topological polar surface area (TPSA) is 86.3 Å². The molecular weight excluding hydrogens is 224 g/mol. The van der Waals surface area contributed by atoms with Crippen LogP contribution in [-0.2, 0) is 0 Å². The summed E-state index contributed by atoms with van der Waals surface area (Å²) in [4.78, 5) is 19.3. The number of benzene rings is 1. The lowest BCUT2D eigenvalue weighted by Gasteiger charge is -1.96. The van der Waals surface area contributed by atoms with Crippen molar-refractivity contribution in [2.75, 3.05) is 0 Å². The Hall–Kier alpha value is -1.95. The summed E-state index contributed by atoms with van der Waals surface area (Å²) in [5, 5.41) is 20.9. The first-order valence-corrected chi connectivity index (χ1v) is 4.14. The Balaban J connectivity index is 3.18. The second-order valence-electron chi connectivity index (χ2n) is 2.56. The highest BCUT2D eigenvalue weighted by atomic mass is 35.5. The van der Waals surface area contributed by atoms with Crippen molar-refractivity contribution in [2.24, 2.45) is 0 Å². The first kappa shape index (κ1) is 11.1. The zero-order valence-corrected chi connectivity index (χ0v) is 8.05. The van der Waals surface area contributed by atoms with Crippen molar-refractivity contribution >= 4 is 23.4 Å². The van der Waals surface area contributed by atoms with Crippen LogP contribution in [0.2, 0.25) is 5.02 Å². The second-order valence-corrected chi connectivity index (χ2v) is 3.00. The van der Waals surface area contributed by atoms with Gasteiger partial charge in [-0.3, -0.25) is 20.2 Å². The minimum absolute atomic E-state index is 0.101. The van der Waals surface area contributed by atoms with E-state index in [1.807, 2.05) is 0 Å². The van der Waals surface area contributed by atoms with Crippen LogP contribution in [0.5, 0.6) is 0 Å². The van der Waals surface area contributed by atoms with E-state index in [9.17, 15) is 20.2 Å². The van der Waals surface area contributed by atoms with Gasteiger partial charge in [-0.25, -0.2) is 0 Å². The molecule has 0 aliphatic carbocycles. The third-order valence-corrected chi connectivity index (χ3v) is 1.80. The molecule has 7 heteroatoms. The highest BCUT2D eigenvalue weighted by molar-refractivity contribution is 6.30. The molecule has 6 nitrogen and oxygen atoms in total. The molecule has 0 N–H and O–H groups in total. The molecule has 0 aromatic heterocycles. The molecule has 0 fully saturated rings. The van der Waals surface area contributed by atoms with Gasteiger partial charge in [0.1, 0.15) is 0 Å². The Morgan fingerprint density at radius 2 is 1.93 bits per heavy atom. The highest BCUT2D eigenvalue weighted by Crippen LogP contribution is 2.23. The van der Waals surface area contributed by atoms with E-state index in [4.69, 9.17) is 11.6 Å². The van der Waals surface area contributed by atoms with Crippen molar-refractivity contribution in [2.45, 2.75) is 0 Å². The Bertz CT molecular complexity index is 444. The molecule has 0 bridgehead atoms. The summed E-state index contributed by atoms with van der Waals surface area (Å²) in [6.45, 7) is 0. The zero-order valence-electron chi connectivity index (χ0n) is 7.29. The number of nitro groups is 2. The van der Waals surface area contributed by atoms with Crippen molar-refractivity contribution in [1.82, 2.24) is 0 Å². The van der Waals surface area contributed by atoms with Gasteiger partial charge >= 0.3 is 0 Å². The van der Waals surface area contributed by atoms with E-state index in [1.54, 1.807) is 0 Å². The molecule has 0 aliphatic rings. The normalized spacial score (nSPS) is 10.5. The van der Waals surface area contributed by atoms with E-state index < -0.39 is 9.85 Å². The molecule has 1 rings (SSSR count). The van der Waals surface area contributed by atoms with E-state index in [2.05, 4.69) is 0 Å². The van der Waals surface area contributed by atoms with Crippen LogP contribution in [0.3, 0.4) is 0 Å². The summed E-state index contributed by atoms with van der Waals surface area (Å²) in [5.41, 5.74) is -0.123. The molecule has 0 heterocycles. The molecular formula is C8H5ClN2O4. The fourth-order valence-corrected chi connectivity index (χ4v) is 1.15. The van der Waals surface area contributed by atoms with Crippen molar-refractivity contribution in [3.8, 4) is 0 Å². The van der Waals surface area contributed by atoms with Crippen LogP contribution in [0.25, 0.3) is 6.08 Å². The third kappa shape index (κ3) is 3.03. The predicted octanol–water partition coefficient (Wildman–Crippen LogP) is 2.50. The maximum Gasteiger partial charge on any atom is 0.276 e. The number of hydrogen-bond acceptors (Lipinski definition) is 4. The molecule has 0 atom stereocenters. The SMILES string of the molecule is O=[N+]([O-])C=Cc1cc(Cl)ccc1[N+](=O)[O-]. The van der Waals surface area contributed by atoms with E-state index in [0.717, 1.165) is 6.08 Å². The first-order chi connectivity index (χ1) is 7.00. The van der Waals surface area contributed by atoms with Gasteiger partial charge < -0.3 is 0 Å². The average Bonchev–Trinajstić information content (AvgIpc) is 2.14. The van der Waals surface area contributed by atoms with E-state index in [0.29, 0.717) is 6.20 Å². The third-order valence-electron chi connectivity index (χ3n) is 1.56. The van der Waals surface area contributed by atoms with Crippen LogP contribution in [0.15, 0.2) is 24.4 Å². The Labute approximate surface area is 89.1 Å². The molecule has 15 heavy (non-hydrogen) atoms. The molecule has 0 radical (unpaired) electrons. The van der Waals surface area contributed by atoms with Crippen molar-refractivity contribution in [3.63, 3.8) is 0 Å². The lowest BCUT2D eigenvalue weighted by molar-refractivity contribution is -0.401. The summed E-state index contributed by atoms with van der Waals surface area (Å²) < 4.78 is 0. The monoisotopic (exact) mass is 228 g/mol. The Morgan fingerprint density at radius 1 is 1.27 bits per heavy atom. The van der Waals surface area contributed by atoms with Gasteiger partial charge in [0.2, 0.25) is 6.20 Å². The van der Waals surface area contributed by atoms with Gasteiger partial charge in [-0.1, -0.05) is 11.6 Å². The van der Waals surface area contributed by atoms with E-state index in [1.165, 1.54) is 18.2 Å². The van der Waals surface area contributed by atoms with Crippen LogP contribution < -0.4 is 0 Å². The van der Waals surface area contributed by atoms with Crippen LogP contribution in [0.4, 0.5) is 5.69 Å². The molecule has 0 saturated carbocycles. The minimum atomic E-state index is -0.704. The standard InChI is InChI=1S/C8H5ClN2O4/c9-7-1-2-8(11(14)15)6(5-7)3-4-10(12)13/h1-5H. The van der Waals surface area contributed by atoms with Crippen molar-refractivity contribution in [3.05, 3.63) is 55.2 Å². The second kappa shape index (κ2) is 4.52. The molecule has 0 amide bonds. The van der Waals surface area contributed by atoms with E-state index in [-0.39, 0.29) is 16.3 Å². The average molecular weight is 229 g/mol. The number of nitrogens with zero attached hydrogens (tertiary/aromatic N) is 2. The maximum atomic E-state index is 10.5. The molecule has 0 aliphatic heterocycles. The fraction of sp³-hybridized carbons (Fsp3) is 0. The smallest absolute Gasteiger partial charge is 0.259 e. The quantitative estimate of drug-likeness (QED) is 0.587. The highest BCUT2D eigenvalue weighted by Gasteiger charge is 2.12. The number of nitro benzene ring substituents is 1. The summed E-state index contributed by atoms with van der Waals surface area (Å²) in [6.07, 6.45) is 1.66. The van der Waals surface area contributed by atoms with E-state index >= 15 is 0 Å². The first-order valence-electron chi connectivity index (χ1n) is 3.76. The molecule has 1 aromatic carbocycles. The lowest BCUT2D eigenvalue weighted by atomic mass is 10.2. The summed E-state index contributed by atoms with van der Waals surface area (Å²) in [5.74, 6) is 0. The Morgan fingerprint density at radius 3 is 2.47 bits per heavy atom. The van der Waals surface area contributed by atoms with Crippen LogP contribution >= 0.6 is 11.6 Å². The molecule has 78 valence electrons. The van der Waals surface area contributed by atoms with Gasteiger partial charge in [0.25, 0.3) is 5.69 Å². The molecule has 0 saturated heterocycles. The largest absolute Gasteiger partial charge is 0.276 e. The van der Waals surface area contributed by atoms with Crippen LogP contribution in [0.1, 0.15) is 5.56 Å². The zero-order chi connectivity index (χ0) is 11.4. The van der Waals surface area contributed by atoms with Gasteiger partial charge in [-0.15, -0.1) is 0 Å². The minimum Gasteiger partial charge on any atom is -0.259 e. The summed E-state index contributed by atoms with van der Waals surface area (Å²) in [7, 11) is 0.